The number of aromatic nitrogens is 5. The summed E-state index contributed by atoms with van der Waals surface area (Å²) in [6, 6.07) is 8.44. The highest BCUT2D eigenvalue weighted by Gasteiger charge is 2.20. The van der Waals surface area contributed by atoms with Crippen LogP contribution in [0.1, 0.15) is 51.0 Å². The number of likely N-dealkylation sites (N-methyl/N-ethyl adjacent to an activating group) is 1. The van der Waals surface area contributed by atoms with Gasteiger partial charge in [0, 0.05) is 48.9 Å². The van der Waals surface area contributed by atoms with Gasteiger partial charge in [0.2, 0.25) is 0 Å². The average molecular weight is 563 g/mol. The Morgan fingerprint density at radius 3 is 2.69 bits per heavy atom. The van der Waals surface area contributed by atoms with Gasteiger partial charge in [-0.15, -0.1) is 0 Å². The Balaban J connectivity index is 1.27. The number of hydrogen-bond donors (Lipinski definition) is 3. The molecule has 2 fully saturated rings. The quantitative estimate of drug-likeness (QED) is 0.271. The van der Waals surface area contributed by atoms with Gasteiger partial charge in [-0.1, -0.05) is 57.4 Å². The Hall–Kier alpha value is -4.17. The van der Waals surface area contributed by atoms with Crippen molar-refractivity contribution in [3.63, 3.8) is 0 Å². The number of nitrogens with zero attached hydrogens (tertiary/aromatic N) is 5. The SMILES string of the molecule is C=C(CC1CCCCC1)Nc1cncc(C(=C)/C=c2/c(-c3nc4c(N5CCN(C)CC5)cccc4[nH]3)n[nH]/c2=C/C)c1. The van der Waals surface area contributed by atoms with Gasteiger partial charge in [-0.25, -0.2) is 4.98 Å². The predicted molar refractivity (Wildman–Crippen MR) is 174 cm³/mol. The summed E-state index contributed by atoms with van der Waals surface area (Å²) in [5.41, 5.74) is 7.70. The van der Waals surface area contributed by atoms with Crippen molar-refractivity contribution >= 4 is 40.1 Å². The van der Waals surface area contributed by atoms with Crippen LogP contribution in [0.15, 0.2) is 55.5 Å². The van der Waals surface area contributed by atoms with Crippen LogP contribution in [0, 0.1) is 5.92 Å². The van der Waals surface area contributed by atoms with Crippen molar-refractivity contribution in [1.82, 2.24) is 30.0 Å². The van der Waals surface area contributed by atoms with Crippen LogP contribution in [0.2, 0.25) is 0 Å². The molecule has 4 heterocycles. The number of imidazole rings is 1. The first kappa shape index (κ1) is 28.0. The lowest BCUT2D eigenvalue weighted by atomic mass is 9.86. The lowest BCUT2D eigenvalue weighted by Crippen LogP contribution is -2.44. The second-order valence-electron chi connectivity index (χ2n) is 11.8. The number of benzene rings is 1. The van der Waals surface area contributed by atoms with Gasteiger partial charge in [0.15, 0.2) is 5.82 Å². The van der Waals surface area contributed by atoms with Crippen molar-refractivity contribution in [2.24, 2.45) is 5.92 Å². The van der Waals surface area contributed by atoms with Crippen molar-refractivity contribution in [2.75, 3.05) is 43.4 Å². The van der Waals surface area contributed by atoms with Gasteiger partial charge in [0.1, 0.15) is 11.2 Å². The summed E-state index contributed by atoms with van der Waals surface area (Å²) in [7, 11) is 2.17. The van der Waals surface area contributed by atoms with Gasteiger partial charge in [-0.05, 0) is 56.2 Å². The molecule has 0 atom stereocenters. The van der Waals surface area contributed by atoms with E-state index in [1.807, 2.05) is 25.4 Å². The molecule has 1 aromatic carbocycles. The predicted octanol–water partition coefficient (Wildman–Crippen LogP) is 5.29. The highest BCUT2D eigenvalue weighted by molar-refractivity contribution is 5.92. The van der Waals surface area contributed by atoms with Crippen molar-refractivity contribution in [2.45, 2.75) is 45.4 Å². The molecule has 8 heteroatoms. The molecule has 6 rings (SSSR count). The number of nitrogens with one attached hydrogen (secondary N) is 3. The molecule has 4 aromatic rings. The first-order valence-corrected chi connectivity index (χ1v) is 15.2. The van der Waals surface area contributed by atoms with Gasteiger partial charge in [0.05, 0.1) is 28.4 Å². The highest BCUT2D eigenvalue weighted by atomic mass is 15.3. The van der Waals surface area contributed by atoms with E-state index in [9.17, 15) is 0 Å². The summed E-state index contributed by atoms with van der Waals surface area (Å²) >= 11 is 0. The fourth-order valence-electron chi connectivity index (χ4n) is 6.28. The largest absolute Gasteiger partial charge is 0.367 e. The van der Waals surface area contributed by atoms with E-state index in [2.05, 4.69) is 85.8 Å². The number of fused-ring (bicyclic) bond motifs is 1. The normalized spacial score (nSPS) is 17.7. The monoisotopic (exact) mass is 562 g/mol. The highest BCUT2D eigenvalue weighted by Crippen LogP contribution is 2.30. The summed E-state index contributed by atoms with van der Waals surface area (Å²) in [6.07, 6.45) is 15.5. The van der Waals surface area contributed by atoms with Crippen LogP contribution in [0.5, 0.6) is 0 Å². The average Bonchev–Trinajstić information content (AvgIpc) is 3.62. The van der Waals surface area contributed by atoms with Crippen molar-refractivity contribution in [3.8, 4) is 11.5 Å². The molecule has 3 N–H and O–H groups in total. The molecule has 218 valence electrons. The Morgan fingerprint density at radius 2 is 1.90 bits per heavy atom. The fraction of sp³-hybridized carbons (Fsp3) is 0.382. The fourth-order valence-corrected chi connectivity index (χ4v) is 6.28. The third kappa shape index (κ3) is 6.04. The van der Waals surface area contributed by atoms with E-state index in [1.54, 1.807) is 0 Å². The summed E-state index contributed by atoms with van der Waals surface area (Å²) < 4.78 is 0. The molecule has 0 amide bonds. The van der Waals surface area contributed by atoms with Crippen molar-refractivity contribution in [1.29, 1.82) is 0 Å². The maximum absolute atomic E-state index is 5.07. The van der Waals surface area contributed by atoms with E-state index < -0.39 is 0 Å². The number of anilines is 2. The molecule has 1 aliphatic carbocycles. The minimum Gasteiger partial charge on any atom is -0.367 e. The Labute approximate surface area is 248 Å². The smallest absolute Gasteiger partial charge is 0.159 e. The first-order chi connectivity index (χ1) is 20.5. The topological polar surface area (TPSA) is 88.8 Å². The Bertz CT molecular complexity index is 1700. The lowest BCUT2D eigenvalue weighted by molar-refractivity contribution is 0.313. The van der Waals surface area contributed by atoms with Crippen LogP contribution in [-0.2, 0) is 0 Å². The molecule has 0 bridgehead atoms. The standard InChI is InChI=1S/C34H42N8/c1-5-29-28(18-23(2)26-20-27(22-35-21-26)36-24(3)19-25-10-7-6-8-11-25)32(40-39-29)34-37-30-12-9-13-31(33(30)38-34)42-16-14-41(4)15-17-42/h5,9,12-13,18,20-22,25,36,39H,2-3,6-8,10-11,14-17,19H2,1,4H3,(H,37,38)/b28-18+,29-5+. The van der Waals surface area contributed by atoms with Crippen LogP contribution in [0.25, 0.3) is 40.3 Å². The van der Waals surface area contributed by atoms with Crippen molar-refractivity contribution in [3.05, 3.63) is 71.6 Å². The van der Waals surface area contributed by atoms with Gasteiger partial charge >= 0.3 is 0 Å². The molecule has 1 saturated heterocycles. The number of allylic oxidation sites excluding steroid dienone is 2. The minimum absolute atomic E-state index is 0.734. The molecule has 0 spiro atoms. The van der Waals surface area contributed by atoms with E-state index >= 15 is 0 Å². The number of rotatable bonds is 8. The molecule has 1 saturated carbocycles. The summed E-state index contributed by atoms with van der Waals surface area (Å²) in [5.74, 6) is 1.47. The maximum atomic E-state index is 5.07. The summed E-state index contributed by atoms with van der Waals surface area (Å²) in [5, 5.41) is 13.2. The van der Waals surface area contributed by atoms with Crippen LogP contribution in [0.4, 0.5) is 11.4 Å². The van der Waals surface area contributed by atoms with Crippen LogP contribution in [0.3, 0.4) is 0 Å². The van der Waals surface area contributed by atoms with Crippen LogP contribution < -0.4 is 20.8 Å². The minimum atomic E-state index is 0.734. The number of aromatic amines is 2. The molecule has 3 aromatic heterocycles. The van der Waals surface area contributed by atoms with Gasteiger partial charge in [-0.3, -0.25) is 10.1 Å². The van der Waals surface area contributed by atoms with E-state index in [1.165, 1.54) is 32.1 Å². The van der Waals surface area contributed by atoms with E-state index in [0.29, 0.717) is 0 Å². The zero-order valence-electron chi connectivity index (χ0n) is 24.9. The molecule has 0 radical (unpaired) electrons. The van der Waals surface area contributed by atoms with Gasteiger partial charge < -0.3 is 20.1 Å². The zero-order chi connectivity index (χ0) is 29.1. The van der Waals surface area contributed by atoms with Crippen LogP contribution in [-0.4, -0.2) is 63.3 Å². The second-order valence-corrected chi connectivity index (χ2v) is 11.8. The molecule has 42 heavy (non-hydrogen) atoms. The number of H-pyrrole nitrogens is 2. The van der Waals surface area contributed by atoms with Gasteiger partial charge in [0.25, 0.3) is 0 Å². The summed E-state index contributed by atoms with van der Waals surface area (Å²) in [6.45, 7) is 14.8. The van der Waals surface area contributed by atoms with Gasteiger partial charge in [-0.2, -0.15) is 5.10 Å². The zero-order valence-corrected chi connectivity index (χ0v) is 24.9. The third-order valence-electron chi connectivity index (χ3n) is 8.69. The van der Waals surface area contributed by atoms with E-state index in [4.69, 9.17) is 4.98 Å². The summed E-state index contributed by atoms with van der Waals surface area (Å²) in [4.78, 5) is 17.9. The Kier molecular flexibility index (Phi) is 8.24. The first-order valence-electron chi connectivity index (χ1n) is 15.2. The molecule has 0 unspecified atom stereocenters. The van der Waals surface area contributed by atoms with E-state index in [-0.39, 0.29) is 0 Å². The second kappa shape index (κ2) is 12.4. The Morgan fingerprint density at radius 1 is 1.10 bits per heavy atom. The number of para-hydroxylation sites is 1. The molecule has 1 aliphatic heterocycles. The van der Waals surface area contributed by atoms with E-state index in [0.717, 1.165) is 99.8 Å². The van der Waals surface area contributed by atoms with Crippen LogP contribution >= 0.6 is 0 Å². The lowest BCUT2D eigenvalue weighted by Gasteiger charge is -2.34. The number of hydrogen-bond acceptors (Lipinski definition) is 6. The number of pyridine rings is 1. The number of piperazine rings is 1. The molecule has 2 aliphatic rings. The molecule has 8 nitrogen and oxygen atoms in total. The van der Waals surface area contributed by atoms with Crippen molar-refractivity contribution < 1.29 is 0 Å². The molecular weight excluding hydrogens is 520 g/mol. The maximum Gasteiger partial charge on any atom is 0.159 e. The third-order valence-corrected chi connectivity index (χ3v) is 8.69. The molecular formula is C34H42N8.